The predicted molar refractivity (Wildman–Crippen MR) is 84.5 cm³/mol. The van der Waals surface area contributed by atoms with Gasteiger partial charge in [-0.2, -0.15) is 0 Å². The van der Waals surface area contributed by atoms with Gasteiger partial charge in [0.25, 0.3) is 0 Å². The SMILES string of the molecule is Cc1ccc2c(c1)nc(CNC(=O)N1CC[C@@](C)(O)C1)n2C. The Morgan fingerprint density at radius 1 is 1.50 bits per heavy atom. The average molecular weight is 302 g/mol. The molecular formula is C16H22N4O2. The Morgan fingerprint density at radius 2 is 2.27 bits per heavy atom. The van der Waals surface area contributed by atoms with Crippen molar-refractivity contribution in [3.8, 4) is 0 Å². The van der Waals surface area contributed by atoms with Crippen molar-refractivity contribution in [3.05, 3.63) is 29.6 Å². The van der Waals surface area contributed by atoms with Crippen LogP contribution in [0.1, 0.15) is 24.7 Å². The van der Waals surface area contributed by atoms with E-state index in [1.165, 1.54) is 5.56 Å². The highest BCUT2D eigenvalue weighted by atomic mass is 16.3. The highest BCUT2D eigenvalue weighted by molar-refractivity contribution is 5.77. The summed E-state index contributed by atoms with van der Waals surface area (Å²) >= 11 is 0. The summed E-state index contributed by atoms with van der Waals surface area (Å²) in [5.41, 5.74) is 2.39. The number of amides is 2. The van der Waals surface area contributed by atoms with Gasteiger partial charge in [0, 0.05) is 13.6 Å². The topological polar surface area (TPSA) is 70.4 Å². The van der Waals surface area contributed by atoms with E-state index >= 15 is 0 Å². The van der Waals surface area contributed by atoms with Crippen LogP contribution in [0, 0.1) is 6.92 Å². The minimum atomic E-state index is -0.771. The number of imidazole rings is 1. The van der Waals surface area contributed by atoms with E-state index in [2.05, 4.69) is 16.4 Å². The lowest BCUT2D eigenvalue weighted by Gasteiger charge is -2.19. The van der Waals surface area contributed by atoms with Gasteiger partial charge in [-0.3, -0.25) is 0 Å². The van der Waals surface area contributed by atoms with Gasteiger partial charge in [-0.1, -0.05) is 6.07 Å². The molecule has 1 aromatic heterocycles. The number of urea groups is 1. The molecule has 1 atom stereocenters. The third kappa shape index (κ3) is 2.78. The molecule has 1 aliphatic rings. The smallest absolute Gasteiger partial charge is 0.317 e. The van der Waals surface area contributed by atoms with Gasteiger partial charge in [0.2, 0.25) is 0 Å². The zero-order valence-electron chi connectivity index (χ0n) is 13.3. The molecule has 0 radical (unpaired) electrons. The zero-order valence-corrected chi connectivity index (χ0v) is 13.3. The van der Waals surface area contributed by atoms with Crippen LogP contribution in [0.3, 0.4) is 0 Å². The number of benzene rings is 1. The number of likely N-dealkylation sites (tertiary alicyclic amines) is 1. The average Bonchev–Trinajstić information content (AvgIpc) is 2.96. The molecule has 1 fully saturated rings. The summed E-state index contributed by atoms with van der Waals surface area (Å²) < 4.78 is 2.00. The number of aliphatic hydroxyl groups is 1. The van der Waals surface area contributed by atoms with Crippen LogP contribution in [-0.2, 0) is 13.6 Å². The Hall–Kier alpha value is -2.08. The van der Waals surface area contributed by atoms with Crippen LogP contribution in [0.2, 0.25) is 0 Å². The van der Waals surface area contributed by atoms with Gasteiger partial charge in [0.1, 0.15) is 5.82 Å². The first-order valence-corrected chi connectivity index (χ1v) is 7.53. The maximum atomic E-state index is 12.2. The fourth-order valence-corrected chi connectivity index (χ4v) is 2.90. The predicted octanol–water partition coefficient (Wildman–Crippen LogP) is 1.55. The van der Waals surface area contributed by atoms with Crippen LogP contribution in [-0.4, -0.2) is 44.3 Å². The third-order valence-corrected chi connectivity index (χ3v) is 4.27. The largest absolute Gasteiger partial charge is 0.388 e. The van der Waals surface area contributed by atoms with Crippen LogP contribution < -0.4 is 5.32 Å². The van der Waals surface area contributed by atoms with E-state index in [1.807, 2.05) is 30.7 Å². The monoisotopic (exact) mass is 302 g/mol. The molecule has 2 N–H and O–H groups in total. The first-order valence-electron chi connectivity index (χ1n) is 7.53. The van der Waals surface area contributed by atoms with Crippen LogP contribution in [0.5, 0.6) is 0 Å². The van der Waals surface area contributed by atoms with E-state index in [4.69, 9.17) is 0 Å². The summed E-state index contributed by atoms with van der Waals surface area (Å²) in [6.45, 7) is 5.13. The number of carbonyl (C=O) groups is 1. The number of carbonyl (C=O) groups excluding carboxylic acids is 1. The number of fused-ring (bicyclic) bond motifs is 1. The number of rotatable bonds is 2. The minimum absolute atomic E-state index is 0.152. The fraction of sp³-hybridized carbons (Fsp3) is 0.500. The molecular weight excluding hydrogens is 280 g/mol. The summed E-state index contributed by atoms with van der Waals surface area (Å²) in [5, 5.41) is 12.8. The van der Waals surface area contributed by atoms with Crippen molar-refractivity contribution in [2.24, 2.45) is 7.05 Å². The number of aryl methyl sites for hydroxylation is 2. The molecule has 0 saturated carbocycles. The van der Waals surface area contributed by atoms with E-state index in [-0.39, 0.29) is 6.03 Å². The Bertz CT molecular complexity index is 720. The van der Waals surface area contributed by atoms with Crippen molar-refractivity contribution in [2.75, 3.05) is 13.1 Å². The van der Waals surface area contributed by atoms with Gasteiger partial charge < -0.3 is 19.9 Å². The van der Waals surface area contributed by atoms with Gasteiger partial charge >= 0.3 is 6.03 Å². The molecule has 1 saturated heterocycles. The van der Waals surface area contributed by atoms with Gasteiger partial charge in [-0.25, -0.2) is 9.78 Å². The lowest BCUT2D eigenvalue weighted by atomic mass is 10.1. The third-order valence-electron chi connectivity index (χ3n) is 4.27. The summed E-state index contributed by atoms with van der Waals surface area (Å²) in [6, 6.07) is 5.98. The van der Waals surface area contributed by atoms with Crippen molar-refractivity contribution in [1.29, 1.82) is 0 Å². The van der Waals surface area contributed by atoms with Gasteiger partial charge in [0.05, 0.1) is 29.7 Å². The number of nitrogens with zero attached hydrogens (tertiary/aromatic N) is 3. The van der Waals surface area contributed by atoms with E-state index in [1.54, 1.807) is 11.8 Å². The summed E-state index contributed by atoms with van der Waals surface area (Å²) in [6.07, 6.45) is 0.617. The molecule has 3 rings (SSSR count). The van der Waals surface area contributed by atoms with Crippen LogP contribution in [0.15, 0.2) is 18.2 Å². The first kappa shape index (κ1) is 14.8. The Kier molecular flexibility index (Phi) is 3.56. The van der Waals surface area contributed by atoms with Gasteiger partial charge in [-0.05, 0) is 38.0 Å². The molecule has 118 valence electrons. The quantitative estimate of drug-likeness (QED) is 0.884. The fourth-order valence-electron chi connectivity index (χ4n) is 2.90. The van der Waals surface area contributed by atoms with Crippen LogP contribution in [0.25, 0.3) is 11.0 Å². The highest BCUT2D eigenvalue weighted by Gasteiger charge is 2.33. The highest BCUT2D eigenvalue weighted by Crippen LogP contribution is 2.20. The second-order valence-corrected chi connectivity index (χ2v) is 6.41. The minimum Gasteiger partial charge on any atom is -0.388 e. The number of aromatic nitrogens is 2. The molecule has 2 amide bonds. The van der Waals surface area contributed by atoms with E-state index in [0.717, 1.165) is 16.9 Å². The van der Waals surface area contributed by atoms with Gasteiger partial charge in [-0.15, -0.1) is 0 Å². The summed E-state index contributed by atoms with van der Waals surface area (Å²) in [4.78, 5) is 18.4. The Morgan fingerprint density at radius 3 is 2.95 bits per heavy atom. The maximum Gasteiger partial charge on any atom is 0.317 e. The molecule has 0 aliphatic carbocycles. The second kappa shape index (κ2) is 5.28. The number of hydrogen-bond donors (Lipinski definition) is 2. The summed E-state index contributed by atoms with van der Waals surface area (Å²) in [5.74, 6) is 0.819. The normalized spacial score (nSPS) is 21.5. The maximum absolute atomic E-state index is 12.2. The number of hydrogen-bond acceptors (Lipinski definition) is 3. The molecule has 6 heteroatoms. The molecule has 0 spiro atoms. The molecule has 2 heterocycles. The standard InChI is InChI=1S/C16H22N4O2/c1-11-4-5-13-12(8-11)18-14(19(13)3)9-17-15(21)20-7-6-16(2,22)10-20/h4-5,8,22H,6-7,9-10H2,1-3H3,(H,17,21)/t16-/m1/s1. The van der Waals surface area contributed by atoms with E-state index < -0.39 is 5.60 Å². The molecule has 22 heavy (non-hydrogen) atoms. The van der Waals surface area contributed by atoms with E-state index in [9.17, 15) is 9.90 Å². The molecule has 1 aliphatic heterocycles. The van der Waals surface area contributed by atoms with E-state index in [0.29, 0.717) is 26.1 Å². The molecule has 1 aromatic carbocycles. The molecule has 6 nitrogen and oxygen atoms in total. The zero-order chi connectivity index (χ0) is 15.9. The first-order chi connectivity index (χ1) is 10.4. The van der Waals surface area contributed by atoms with Crippen molar-refractivity contribution in [3.63, 3.8) is 0 Å². The molecule has 2 aromatic rings. The van der Waals surface area contributed by atoms with Crippen LogP contribution in [0.4, 0.5) is 4.79 Å². The number of β-amino-alcohol motifs (C(OH)–C–C–N with tert-alkyl or cyclic N) is 1. The lowest BCUT2D eigenvalue weighted by molar-refractivity contribution is 0.0719. The van der Waals surface area contributed by atoms with Crippen molar-refractivity contribution in [2.45, 2.75) is 32.4 Å². The van der Waals surface area contributed by atoms with Gasteiger partial charge in [0.15, 0.2) is 0 Å². The molecule has 0 bridgehead atoms. The summed E-state index contributed by atoms with van der Waals surface area (Å²) in [7, 11) is 1.95. The molecule has 0 unspecified atom stereocenters. The van der Waals surface area contributed by atoms with Crippen molar-refractivity contribution < 1.29 is 9.90 Å². The van der Waals surface area contributed by atoms with Crippen molar-refractivity contribution >= 4 is 17.1 Å². The second-order valence-electron chi connectivity index (χ2n) is 6.41. The lowest BCUT2D eigenvalue weighted by Crippen LogP contribution is -2.40. The van der Waals surface area contributed by atoms with Crippen LogP contribution >= 0.6 is 0 Å². The number of nitrogens with one attached hydrogen (secondary N) is 1. The Balaban J connectivity index is 1.69. The Labute approximate surface area is 129 Å². The van der Waals surface area contributed by atoms with Crippen molar-refractivity contribution in [1.82, 2.24) is 19.8 Å².